The Morgan fingerprint density at radius 2 is 2.00 bits per heavy atom. The van der Waals surface area contributed by atoms with E-state index in [0.29, 0.717) is 17.8 Å². The van der Waals surface area contributed by atoms with Crippen LogP contribution in [0.4, 0.5) is 5.69 Å². The molecule has 0 spiro atoms. The third-order valence-corrected chi connectivity index (χ3v) is 2.32. The second-order valence-corrected chi connectivity index (χ2v) is 3.71. The van der Waals surface area contributed by atoms with E-state index < -0.39 is 0 Å². The first-order valence-electron chi connectivity index (χ1n) is 5.45. The van der Waals surface area contributed by atoms with Crippen molar-refractivity contribution in [2.75, 3.05) is 18.8 Å². The summed E-state index contributed by atoms with van der Waals surface area (Å²) in [4.78, 5) is 22.8. The monoisotopic (exact) mass is 235 g/mol. The fourth-order valence-electron chi connectivity index (χ4n) is 1.34. The maximum absolute atomic E-state index is 11.7. The van der Waals surface area contributed by atoms with Crippen LogP contribution in [0.15, 0.2) is 18.2 Å². The van der Waals surface area contributed by atoms with E-state index in [0.717, 1.165) is 5.56 Å². The van der Waals surface area contributed by atoms with E-state index in [9.17, 15) is 9.59 Å². The zero-order valence-corrected chi connectivity index (χ0v) is 10.0. The quantitative estimate of drug-likeness (QED) is 0.662. The molecule has 0 bridgehead atoms. The molecule has 0 radical (unpaired) electrons. The number of nitrogens with two attached hydrogens (primary N) is 1. The number of aryl methyl sites for hydroxylation is 1. The van der Waals surface area contributed by atoms with Crippen LogP contribution in [-0.2, 0) is 4.79 Å². The molecule has 5 nitrogen and oxygen atoms in total. The van der Waals surface area contributed by atoms with Gasteiger partial charge in [0.05, 0.1) is 6.54 Å². The molecule has 0 heterocycles. The van der Waals surface area contributed by atoms with Crippen molar-refractivity contribution in [1.82, 2.24) is 10.6 Å². The Morgan fingerprint density at radius 3 is 2.59 bits per heavy atom. The van der Waals surface area contributed by atoms with Gasteiger partial charge in [0.2, 0.25) is 5.91 Å². The summed E-state index contributed by atoms with van der Waals surface area (Å²) in [5, 5.41) is 5.14. The van der Waals surface area contributed by atoms with E-state index in [2.05, 4.69) is 10.6 Å². The maximum atomic E-state index is 11.7. The van der Waals surface area contributed by atoms with Gasteiger partial charge in [0, 0.05) is 17.8 Å². The van der Waals surface area contributed by atoms with Crippen LogP contribution in [0.25, 0.3) is 0 Å². The van der Waals surface area contributed by atoms with Crippen molar-refractivity contribution >= 4 is 17.5 Å². The summed E-state index contributed by atoms with van der Waals surface area (Å²) >= 11 is 0. The molecular formula is C12H17N3O2. The zero-order valence-electron chi connectivity index (χ0n) is 10.0. The number of hydrogen-bond donors (Lipinski definition) is 3. The molecule has 0 fully saturated rings. The zero-order chi connectivity index (χ0) is 12.8. The number of likely N-dealkylation sites (N-methyl/N-ethyl adjacent to an activating group) is 1. The number of benzene rings is 1. The largest absolute Gasteiger partial charge is 0.399 e. The molecule has 0 aliphatic carbocycles. The van der Waals surface area contributed by atoms with Crippen LogP contribution in [0.5, 0.6) is 0 Å². The van der Waals surface area contributed by atoms with E-state index in [-0.39, 0.29) is 18.4 Å². The van der Waals surface area contributed by atoms with Gasteiger partial charge in [0.25, 0.3) is 5.91 Å². The number of carbonyl (C=O) groups excluding carboxylic acids is 2. The van der Waals surface area contributed by atoms with E-state index >= 15 is 0 Å². The number of carbonyl (C=O) groups is 2. The highest BCUT2D eigenvalue weighted by Gasteiger charge is 2.08. The number of nitrogens with one attached hydrogen (secondary N) is 2. The number of anilines is 1. The SMILES string of the molecule is CCNC(=O)CNC(=O)c1ccc(N)c(C)c1. The molecule has 4 N–H and O–H groups in total. The molecule has 0 aromatic heterocycles. The Morgan fingerprint density at radius 1 is 1.29 bits per heavy atom. The standard InChI is InChI=1S/C12H17N3O2/c1-3-14-11(16)7-15-12(17)9-4-5-10(13)8(2)6-9/h4-6H,3,7,13H2,1-2H3,(H,14,16)(H,15,17). The fraction of sp³-hybridized carbons (Fsp3) is 0.333. The normalized spacial score (nSPS) is 9.76. The molecule has 0 saturated heterocycles. The van der Waals surface area contributed by atoms with Crippen molar-refractivity contribution in [3.05, 3.63) is 29.3 Å². The van der Waals surface area contributed by atoms with Crippen molar-refractivity contribution < 1.29 is 9.59 Å². The molecule has 1 aromatic rings. The van der Waals surface area contributed by atoms with Crippen molar-refractivity contribution in [1.29, 1.82) is 0 Å². The molecule has 92 valence electrons. The highest BCUT2D eigenvalue weighted by molar-refractivity contribution is 5.96. The summed E-state index contributed by atoms with van der Waals surface area (Å²) in [6.45, 7) is 4.19. The lowest BCUT2D eigenvalue weighted by molar-refractivity contribution is -0.120. The smallest absolute Gasteiger partial charge is 0.251 e. The van der Waals surface area contributed by atoms with Gasteiger partial charge in [-0.05, 0) is 37.6 Å². The molecule has 0 aliphatic heterocycles. The lowest BCUT2D eigenvalue weighted by atomic mass is 10.1. The van der Waals surface area contributed by atoms with Crippen molar-refractivity contribution in [2.45, 2.75) is 13.8 Å². The topological polar surface area (TPSA) is 84.2 Å². The van der Waals surface area contributed by atoms with Crippen molar-refractivity contribution in [3.8, 4) is 0 Å². The summed E-state index contributed by atoms with van der Waals surface area (Å²) in [5.74, 6) is -0.479. The summed E-state index contributed by atoms with van der Waals surface area (Å²) in [5.41, 5.74) is 7.64. The predicted octanol–water partition coefficient (Wildman–Crippen LogP) is 0.443. The van der Waals surface area contributed by atoms with E-state index in [1.807, 2.05) is 13.8 Å². The Kier molecular flexibility index (Phi) is 4.51. The Balaban J connectivity index is 2.58. The average molecular weight is 235 g/mol. The van der Waals surface area contributed by atoms with Gasteiger partial charge < -0.3 is 16.4 Å². The minimum atomic E-state index is -0.278. The second kappa shape index (κ2) is 5.89. The van der Waals surface area contributed by atoms with Crippen molar-refractivity contribution in [3.63, 3.8) is 0 Å². The highest BCUT2D eigenvalue weighted by atomic mass is 16.2. The maximum Gasteiger partial charge on any atom is 0.251 e. The first kappa shape index (κ1) is 13.0. The van der Waals surface area contributed by atoms with Crippen LogP contribution >= 0.6 is 0 Å². The molecule has 1 aromatic carbocycles. The van der Waals surface area contributed by atoms with Gasteiger partial charge >= 0.3 is 0 Å². The molecule has 0 saturated carbocycles. The number of amides is 2. The molecule has 0 atom stereocenters. The molecule has 17 heavy (non-hydrogen) atoms. The Bertz CT molecular complexity index is 430. The fourth-order valence-corrected chi connectivity index (χ4v) is 1.34. The van der Waals surface area contributed by atoms with Crippen LogP contribution in [-0.4, -0.2) is 24.9 Å². The van der Waals surface area contributed by atoms with E-state index in [4.69, 9.17) is 5.73 Å². The van der Waals surface area contributed by atoms with Gasteiger partial charge in [0.1, 0.15) is 0 Å². The van der Waals surface area contributed by atoms with Crippen LogP contribution in [0.1, 0.15) is 22.8 Å². The molecule has 5 heteroatoms. The predicted molar refractivity (Wildman–Crippen MR) is 66.6 cm³/mol. The minimum absolute atomic E-state index is 0.0178. The summed E-state index contributed by atoms with van der Waals surface area (Å²) in [6, 6.07) is 5.01. The molecule has 1 rings (SSSR count). The van der Waals surface area contributed by atoms with Gasteiger partial charge in [-0.25, -0.2) is 0 Å². The first-order chi connectivity index (χ1) is 8.04. The lowest BCUT2D eigenvalue weighted by Gasteiger charge is -2.07. The Hall–Kier alpha value is -2.04. The summed E-state index contributed by atoms with van der Waals surface area (Å²) in [6.07, 6.45) is 0. The molecule has 2 amide bonds. The third kappa shape index (κ3) is 3.79. The van der Waals surface area contributed by atoms with Gasteiger partial charge in [-0.1, -0.05) is 0 Å². The summed E-state index contributed by atoms with van der Waals surface area (Å²) < 4.78 is 0. The van der Waals surface area contributed by atoms with Gasteiger partial charge in [-0.2, -0.15) is 0 Å². The molecule has 0 unspecified atom stereocenters. The number of hydrogen-bond acceptors (Lipinski definition) is 3. The third-order valence-electron chi connectivity index (χ3n) is 2.32. The number of nitrogen functional groups attached to an aromatic ring is 1. The molecule has 0 aliphatic rings. The Labute approximate surface area is 100 Å². The first-order valence-corrected chi connectivity index (χ1v) is 5.45. The number of rotatable bonds is 4. The van der Waals surface area contributed by atoms with Gasteiger partial charge in [-0.3, -0.25) is 9.59 Å². The van der Waals surface area contributed by atoms with Crippen LogP contribution < -0.4 is 16.4 Å². The van der Waals surface area contributed by atoms with Crippen LogP contribution in [0, 0.1) is 6.92 Å². The highest BCUT2D eigenvalue weighted by Crippen LogP contribution is 2.12. The second-order valence-electron chi connectivity index (χ2n) is 3.71. The van der Waals surface area contributed by atoms with Crippen LogP contribution in [0.2, 0.25) is 0 Å². The lowest BCUT2D eigenvalue weighted by Crippen LogP contribution is -2.36. The van der Waals surface area contributed by atoms with Gasteiger partial charge in [0.15, 0.2) is 0 Å². The van der Waals surface area contributed by atoms with Crippen molar-refractivity contribution in [2.24, 2.45) is 0 Å². The summed E-state index contributed by atoms with van der Waals surface area (Å²) in [7, 11) is 0. The average Bonchev–Trinajstić information content (AvgIpc) is 2.30. The molecular weight excluding hydrogens is 218 g/mol. The van der Waals surface area contributed by atoms with Gasteiger partial charge in [-0.15, -0.1) is 0 Å². The van der Waals surface area contributed by atoms with E-state index in [1.54, 1.807) is 18.2 Å². The van der Waals surface area contributed by atoms with E-state index in [1.165, 1.54) is 0 Å². The minimum Gasteiger partial charge on any atom is -0.399 e. The van der Waals surface area contributed by atoms with Crippen LogP contribution in [0.3, 0.4) is 0 Å².